The minimum Gasteiger partial charge on any atom is -0.391 e. The molecule has 0 aliphatic carbocycles. The number of hydrogen-bond acceptors (Lipinski definition) is 5. The molecule has 0 bridgehead atoms. The fraction of sp³-hybridized carbons (Fsp3) is 0.851. The van der Waals surface area contributed by atoms with Crippen LogP contribution in [0.1, 0.15) is 206 Å². The molecule has 0 rings (SSSR count). The summed E-state index contributed by atoms with van der Waals surface area (Å²) in [5.74, 6) is -0.161. The summed E-state index contributed by atoms with van der Waals surface area (Å²) in [6.07, 6.45) is 47.4. The second kappa shape index (κ2) is 39.2. The van der Waals surface area contributed by atoms with Crippen molar-refractivity contribution < 1.29 is 32.9 Å². The van der Waals surface area contributed by atoms with E-state index in [0.29, 0.717) is 23.9 Å². The molecule has 0 fully saturated rings. The van der Waals surface area contributed by atoms with Gasteiger partial charge in [0.1, 0.15) is 13.2 Å². The Morgan fingerprint density at radius 2 is 1.07 bits per heavy atom. The van der Waals surface area contributed by atoms with Gasteiger partial charge in [-0.3, -0.25) is 13.8 Å². The van der Waals surface area contributed by atoms with E-state index in [1.54, 1.807) is 0 Å². The number of likely N-dealkylation sites (N-methyl/N-ethyl adjacent to an activating group) is 1. The summed E-state index contributed by atoms with van der Waals surface area (Å²) in [5.41, 5.74) is 0. The van der Waals surface area contributed by atoms with Gasteiger partial charge in [-0.25, -0.2) is 4.57 Å². The second-order valence-electron chi connectivity index (χ2n) is 17.1. The average molecular weight is 812 g/mol. The van der Waals surface area contributed by atoms with Crippen LogP contribution in [0.3, 0.4) is 0 Å². The lowest BCUT2D eigenvalue weighted by molar-refractivity contribution is -0.870. The van der Waals surface area contributed by atoms with Crippen molar-refractivity contribution in [3.05, 3.63) is 36.5 Å². The Hall–Kier alpha value is -1.28. The van der Waals surface area contributed by atoms with E-state index in [0.717, 1.165) is 77.0 Å². The Kier molecular flexibility index (Phi) is 38.3. The molecule has 3 atom stereocenters. The largest absolute Gasteiger partial charge is 0.472 e. The van der Waals surface area contributed by atoms with E-state index < -0.39 is 20.0 Å². The van der Waals surface area contributed by atoms with Gasteiger partial charge < -0.3 is 19.8 Å². The topological polar surface area (TPSA) is 105 Å². The number of phosphoric ester groups is 1. The minimum absolute atomic E-state index is 0.0705. The second-order valence-corrected chi connectivity index (χ2v) is 18.6. The van der Waals surface area contributed by atoms with Gasteiger partial charge in [0, 0.05) is 6.42 Å². The predicted molar refractivity (Wildman–Crippen MR) is 240 cm³/mol. The van der Waals surface area contributed by atoms with Crippen LogP contribution >= 0.6 is 7.82 Å². The molecular weight excluding hydrogens is 719 g/mol. The van der Waals surface area contributed by atoms with E-state index in [1.807, 2.05) is 21.1 Å². The summed E-state index contributed by atoms with van der Waals surface area (Å²) >= 11 is 0. The summed E-state index contributed by atoms with van der Waals surface area (Å²) in [6, 6.07) is -0.769. The van der Waals surface area contributed by atoms with Crippen LogP contribution in [-0.4, -0.2) is 73.4 Å². The van der Waals surface area contributed by atoms with Gasteiger partial charge in [0.05, 0.1) is 39.9 Å². The highest BCUT2D eigenvalue weighted by Crippen LogP contribution is 2.43. The molecule has 0 aliphatic rings. The highest BCUT2D eigenvalue weighted by atomic mass is 31.2. The van der Waals surface area contributed by atoms with Gasteiger partial charge in [-0.1, -0.05) is 192 Å². The Balaban J connectivity index is 4.34. The molecule has 1 amide bonds. The molecule has 330 valence electrons. The summed E-state index contributed by atoms with van der Waals surface area (Å²) in [4.78, 5) is 23.2. The van der Waals surface area contributed by atoms with Crippen molar-refractivity contribution in [3.63, 3.8) is 0 Å². The normalized spacial score (nSPS) is 14.6. The van der Waals surface area contributed by atoms with Crippen LogP contribution in [0.5, 0.6) is 0 Å². The zero-order chi connectivity index (χ0) is 41.4. The lowest BCUT2D eigenvalue weighted by Crippen LogP contribution is -2.46. The molecular formula is C47H92N2O6P+. The van der Waals surface area contributed by atoms with Crippen molar-refractivity contribution in [2.75, 3.05) is 40.9 Å². The number of amides is 1. The number of carbonyl (C=O) groups excluding carboxylic acids is 1. The average Bonchev–Trinajstić information content (AvgIpc) is 3.15. The zero-order valence-electron chi connectivity index (χ0n) is 37.4. The number of hydrogen-bond donors (Lipinski definition) is 3. The summed E-state index contributed by atoms with van der Waals surface area (Å²) in [6.45, 7) is 4.77. The quantitative estimate of drug-likeness (QED) is 0.0245. The van der Waals surface area contributed by atoms with Gasteiger partial charge in [0.2, 0.25) is 5.91 Å². The molecule has 3 unspecified atom stereocenters. The highest BCUT2D eigenvalue weighted by Gasteiger charge is 2.28. The van der Waals surface area contributed by atoms with Crippen LogP contribution < -0.4 is 5.32 Å². The molecule has 0 aliphatic heterocycles. The highest BCUT2D eigenvalue weighted by molar-refractivity contribution is 7.47. The number of nitrogens with zero attached hydrogens (tertiary/aromatic N) is 1. The number of quaternary nitrogens is 1. The summed E-state index contributed by atoms with van der Waals surface area (Å²) in [5, 5.41) is 14.0. The van der Waals surface area contributed by atoms with Crippen molar-refractivity contribution in [1.82, 2.24) is 5.32 Å². The molecule has 56 heavy (non-hydrogen) atoms. The Bertz CT molecular complexity index is 1010. The van der Waals surface area contributed by atoms with Crippen LogP contribution in [0.25, 0.3) is 0 Å². The van der Waals surface area contributed by atoms with Crippen molar-refractivity contribution in [1.29, 1.82) is 0 Å². The minimum atomic E-state index is -4.32. The zero-order valence-corrected chi connectivity index (χ0v) is 38.3. The molecule has 0 aromatic rings. The maximum Gasteiger partial charge on any atom is 0.472 e. The number of unbranched alkanes of at least 4 members (excludes halogenated alkanes) is 23. The SMILES string of the molecule is CC/C=C\C/C=C\C/C=C\CCCCCCCC(=O)NC(COP(=O)(O)OCC[N+](C)(C)C)C(O)CCCCCCCCCCCCCCCCCCCCC. The maximum absolute atomic E-state index is 12.9. The first-order valence-electron chi connectivity index (χ1n) is 23.4. The van der Waals surface area contributed by atoms with E-state index in [4.69, 9.17) is 9.05 Å². The van der Waals surface area contributed by atoms with Crippen molar-refractivity contribution in [2.45, 2.75) is 219 Å². The van der Waals surface area contributed by atoms with Crippen molar-refractivity contribution >= 4 is 13.7 Å². The first-order valence-corrected chi connectivity index (χ1v) is 24.8. The number of phosphoric acid groups is 1. The number of allylic oxidation sites excluding steroid dienone is 6. The molecule has 0 saturated heterocycles. The van der Waals surface area contributed by atoms with E-state index in [-0.39, 0.29) is 19.1 Å². The Morgan fingerprint density at radius 3 is 1.57 bits per heavy atom. The maximum atomic E-state index is 12.9. The van der Waals surface area contributed by atoms with Gasteiger partial charge in [-0.2, -0.15) is 0 Å². The smallest absolute Gasteiger partial charge is 0.391 e. The summed E-state index contributed by atoms with van der Waals surface area (Å²) in [7, 11) is 1.60. The van der Waals surface area contributed by atoms with E-state index in [9.17, 15) is 19.4 Å². The van der Waals surface area contributed by atoms with Gasteiger partial charge in [0.15, 0.2) is 0 Å². The molecule has 3 N–H and O–H groups in total. The van der Waals surface area contributed by atoms with E-state index >= 15 is 0 Å². The van der Waals surface area contributed by atoms with Crippen LogP contribution in [0.15, 0.2) is 36.5 Å². The van der Waals surface area contributed by atoms with Crippen LogP contribution in [0.2, 0.25) is 0 Å². The van der Waals surface area contributed by atoms with E-state index in [2.05, 4.69) is 55.6 Å². The number of carbonyl (C=O) groups is 1. The van der Waals surface area contributed by atoms with E-state index in [1.165, 1.54) is 103 Å². The van der Waals surface area contributed by atoms with Crippen molar-refractivity contribution in [2.24, 2.45) is 0 Å². The molecule has 0 radical (unpaired) electrons. The first-order chi connectivity index (χ1) is 27.0. The molecule has 0 heterocycles. The Morgan fingerprint density at radius 1 is 0.625 bits per heavy atom. The van der Waals surface area contributed by atoms with Gasteiger partial charge >= 0.3 is 7.82 Å². The number of aliphatic hydroxyl groups excluding tert-OH is 1. The van der Waals surface area contributed by atoms with Gasteiger partial charge in [0.25, 0.3) is 0 Å². The lowest BCUT2D eigenvalue weighted by atomic mass is 10.0. The number of aliphatic hydroxyl groups is 1. The standard InChI is InChI=1S/C47H91N2O6P/c1-6-8-10-12-14-16-18-20-22-23-24-25-27-28-30-32-34-36-38-40-46(50)45(44-55-56(52,53)54-43-42-49(3,4)5)48-47(51)41-39-37-35-33-31-29-26-21-19-17-15-13-11-9-7-2/h9,11,15,17,21,26,45-46,50H,6-8,10,12-14,16,18-20,22-25,27-44H2,1-5H3,(H-,48,51,52,53)/p+1/b11-9-,17-15-,26-21-. The third-order valence-electron chi connectivity index (χ3n) is 10.4. The molecule has 0 aromatic heterocycles. The fourth-order valence-electron chi connectivity index (χ4n) is 6.71. The Labute approximate surface area is 347 Å². The molecule has 8 nitrogen and oxygen atoms in total. The summed E-state index contributed by atoms with van der Waals surface area (Å²) < 4.78 is 23.6. The number of rotatable bonds is 42. The monoisotopic (exact) mass is 812 g/mol. The van der Waals surface area contributed by atoms with Gasteiger partial charge in [-0.15, -0.1) is 0 Å². The molecule has 0 aromatic carbocycles. The molecule has 0 spiro atoms. The third kappa shape index (κ3) is 40.9. The number of nitrogens with one attached hydrogen (secondary N) is 1. The molecule has 0 saturated carbocycles. The van der Waals surface area contributed by atoms with Crippen molar-refractivity contribution in [3.8, 4) is 0 Å². The fourth-order valence-corrected chi connectivity index (χ4v) is 7.44. The van der Waals surface area contributed by atoms with Crippen LogP contribution in [-0.2, 0) is 18.4 Å². The molecule has 9 heteroatoms. The lowest BCUT2D eigenvalue weighted by Gasteiger charge is -2.26. The third-order valence-corrected chi connectivity index (χ3v) is 11.4. The predicted octanol–water partition coefficient (Wildman–Crippen LogP) is 13.1. The van der Waals surface area contributed by atoms with Crippen LogP contribution in [0, 0.1) is 0 Å². The van der Waals surface area contributed by atoms with Gasteiger partial charge in [-0.05, 0) is 44.9 Å². The van der Waals surface area contributed by atoms with Crippen LogP contribution in [0.4, 0.5) is 0 Å². The first kappa shape index (κ1) is 54.7.